The van der Waals surface area contributed by atoms with Gasteiger partial charge in [0.15, 0.2) is 0 Å². The van der Waals surface area contributed by atoms with Crippen molar-refractivity contribution >= 4 is 23.4 Å². The fourth-order valence-electron chi connectivity index (χ4n) is 3.42. The van der Waals surface area contributed by atoms with Crippen molar-refractivity contribution < 1.29 is 14.3 Å². The summed E-state index contributed by atoms with van der Waals surface area (Å²) in [5.41, 5.74) is 4.01. The summed E-state index contributed by atoms with van der Waals surface area (Å²) < 4.78 is 10.5. The average molecular weight is 396 g/mol. The monoisotopic (exact) mass is 395 g/mol. The molecular formula is C23H29N3O3. The molecule has 0 radical (unpaired) electrons. The molecule has 0 bridgehead atoms. The van der Waals surface area contributed by atoms with Crippen LogP contribution >= 0.6 is 0 Å². The molecule has 2 aromatic rings. The van der Waals surface area contributed by atoms with Gasteiger partial charge in [0.1, 0.15) is 11.5 Å². The first-order chi connectivity index (χ1) is 14.0. The molecule has 3 rings (SSSR count). The highest BCUT2D eigenvalue weighted by molar-refractivity contribution is 6.02. The highest BCUT2D eigenvalue weighted by atomic mass is 16.5. The van der Waals surface area contributed by atoms with Crippen molar-refractivity contribution in [3.8, 4) is 11.5 Å². The summed E-state index contributed by atoms with van der Waals surface area (Å²) in [6.07, 6.45) is 3.25. The number of ether oxygens (including phenoxy) is 2. The van der Waals surface area contributed by atoms with Gasteiger partial charge in [-0.25, -0.2) is 0 Å². The molecule has 1 N–H and O–H groups in total. The summed E-state index contributed by atoms with van der Waals surface area (Å²) in [4.78, 5) is 17.1. The second kappa shape index (κ2) is 9.47. The third-order valence-electron chi connectivity index (χ3n) is 5.11. The van der Waals surface area contributed by atoms with Crippen molar-refractivity contribution in [2.75, 3.05) is 57.7 Å². The Morgan fingerprint density at radius 2 is 1.66 bits per heavy atom. The van der Waals surface area contributed by atoms with Gasteiger partial charge in [-0.3, -0.25) is 4.79 Å². The lowest BCUT2D eigenvalue weighted by molar-refractivity contribution is -0.111. The third-order valence-corrected chi connectivity index (χ3v) is 5.11. The van der Waals surface area contributed by atoms with E-state index >= 15 is 0 Å². The lowest BCUT2D eigenvalue weighted by Gasteiger charge is -2.35. The number of aryl methyl sites for hydroxylation is 1. The number of carbonyl (C=O) groups excluding carboxylic acids is 1. The van der Waals surface area contributed by atoms with Crippen molar-refractivity contribution in [3.05, 3.63) is 53.6 Å². The molecule has 2 aromatic carbocycles. The SMILES string of the molecule is COc1cc(C=CC(=O)Nc2ccc(N3CCN(C)CC3)c(C)c2)cc(OC)c1. The summed E-state index contributed by atoms with van der Waals surface area (Å²) in [5.74, 6) is 1.18. The molecule has 0 saturated carbocycles. The third kappa shape index (κ3) is 5.51. The Labute approximate surface area is 172 Å². The van der Waals surface area contributed by atoms with Crippen LogP contribution in [0.25, 0.3) is 6.08 Å². The van der Waals surface area contributed by atoms with E-state index in [-0.39, 0.29) is 5.91 Å². The summed E-state index contributed by atoms with van der Waals surface area (Å²) in [6, 6.07) is 11.6. The Bertz CT molecular complexity index is 865. The van der Waals surface area contributed by atoms with Gasteiger partial charge in [-0.05, 0) is 61.5 Å². The highest BCUT2D eigenvalue weighted by Gasteiger charge is 2.16. The van der Waals surface area contributed by atoms with Gasteiger partial charge in [0.05, 0.1) is 14.2 Å². The van der Waals surface area contributed by atoms with E-state index in [0.717, 1.165) is 43.0 Å². The molecule has 6 heteroatoms. The number of amides is 1. The number of benzene rings is 2. The van der Waals surface area contributed by atoms with Crippen molar-refractivity contribution in [1.82, 2.24) is 4.90 Å². The number of likely N-dealkylation sites (N-methyl/N-ethyl adjacent to an activating group) is 1. The van der Waals surface area contributed by atoms with Crippen LogP contribution in [0.2, 0.25) is 0 Å². The maximum Gasteiger partial charge on any atom is 0.248 e. The Morgan fingerprint density at radius 3 is 2.24 bits per heavy atom. The maximum atomic E-state index is 12.4. The predicted octanol–water partition coefficient (Wildman–Crippen LogP) is 3.42. The van der Waals surface area contributed by atoms with Gasteiger partial charge < -0.3 is 24.6 Å². The van der Waals surface area contributed by atoms with Crippen LogP contribution in [0.15, 0.2) is 42.5 Å². The second-order valence-electron chi connectivity index (χ2n) is 7.26. The number of hydrogen-bond donors (Lipinski definition) is 1. The number of carbonyl (C=O) groups is 1. The average Bonchev–Trinajstić information content (AvgIpc) is 2.73. The summed E-state index contributed by atoms with van der Waals surface area (Å²) in [6.45, 7) is 6.27. The molecule has 1 aliphatic rings. The van der Waals surface area contributed by atoms with Crippen molar-refractivity contribution in [1.29, 1.82) is 0 Å². The fourth-order valence-corrected chi connectivity index (χ4v) is 3.42. The summed E-state index contributed by atoms with van der Waals surface area (Å²) in [5, 5.41) is 2.93. The zero-order valence-electron chi connectivity index (χ0n) is 17.6. The van der Waals surface area contributed by atoms with Crippen molar-refractivity contribution in [2.45, 2.75) is 6.92 Å². The van der Waals surface area contributed by atoms with E-state index in [9.17, 15) is 4.79 Å². The molecule has 0 aromatic heterocycles. The normalized spacial score (nSPS) is 14.8. The number of methoxy groups -OCH3 is 2. The Hall–Kier alpha value is -2.99. The molecule has 29 heavy (non-hydrogen) atoms. The van der Waals surface area contributed by atoms with Crippen LogP contribution in [0.1, 0.15) is 11.1 Å². The van der Waals surface area contributed by atoms with Gasteiger partial charge >= 0.3 is 0 Å². The first kappa shape index (κ1) is 20.7. The topological polar surface area (TPSA) is 54.0 Å². The smallest absolute Gasteiger partial charge is 0.248 e. The minimum Gasteiger partial charge on any atom is -0.497 e. The van der Waals surface area contributed by atoms with E-state index < -0.39 is 0 Å². The molecule has 0 aliphatic carbocycles. The van der Waals surface area contributed by atoms with E-state index in [1.807, 2.05) is 24.3 Å². The molecule has 6 nitrogen and oxygen atoms in total. The number of nitrogens with zero attached hydrogens (tertiary/aromatic N) is 2. The van der Waals surface area contributed by atoms with Gasteiger partial charge in [-0.2, -0.15) is 0 Å². The van der Waals surface area contributed by atoms with Crippen LogP contribution in [-0.4, -0.2) is 58.3 Å². The first-order valence-corrected chi connectivity index (χ1v) is 9.75. The van der Waals surface area contributed by atoms with Gasteiger partial charge in [-0.1, -0.05) is 0 Å². The van der Waals surface area contributed by atoms with Crippen molar-refractivity contribution in [2.24, 2.45) is 0 Å². The van der Waals surface area contributed by atoms with Crippen LogP contribution in [0.5, 0.6) is 11.5 Å². The molecule has 1 aliphatic heterocycles. The number of nitrogens with one attached hydrogen (secondary N) is 1. The first-order valence-electron chi connectivity index (χ1n) is 9.75. The molecule has 1 fully saturated rings. The van der Waals surface area contributed by atoms with Gasteiger partial charge in [0.25, 0.3) is 0 Å². The minimum atomic E-state index is -0.182. The van der Waals surface area contributed by atoms with Gasteiger partial charge in [0, 0.05) is 49.7 Å². The standard InChI is InChI=1S/C23H29N3O3/c1-17-13-19(6-7-22(17)26-11-9-25(2)10-12-26)24-23(27)8-5-18-14-20(28-3)16-21(15-18)29-4/h5-8,13-16H,9-12H2,1-4H3,(H,24,27). The predicted molar refractivity (Wildman–Crippen MR) is 118 cm³/mol. The zero-order valence-corrected chi connectivity index (χ0v) is 17.6. The minimum absolute atomic E-state index is 0.182. The van der Waals surface area contributed by atoms with Crippen LogP contribution < -0.4 is 19.7 Å². The molecule has 1 amide bonds. The molecule has 1 saturated heterocycles. The molecule has 0 spiro atoms. The lowest BCUT2D eigenvalue weighted by Crippen LogP contribution is -2.44. The highest BCUT2D eigenvalue weighted by Crippen LogP contribution is 2.25. The number of anilines is 2. The molecule has 0 atom stereocenters. The van der Waals surface area contributed by atoms with Crippen molar-refractivity contribution in [3.63, 3.8) is 0 Å². The quantitative estimate of drug-likeness (QED) is 0.760. The molecule has 1 heterocycles. The van der Waals surface area contributed by atoms with E-state index in [4.69, 9.17) is 9.47 Å². The Morgan fingerprint density at radius 1 is 1.00 bits per heavy atom. The molecule has 0 unspecified atom stereocenters. The van der Waals surface area contributed by atoms with E-state index in [1.54, 1.807) is 26.4 Å². The zero-order chi connectivity index (χ0) is 20.8. The fraction of sp³-hybridized carbons (Fsp3) is 0.348. The largest absolute Gasteiger partial charge is 0.497 e. The molecule has 154 valence electrons. The number of rotatable bonds is 6. The maximum absolute atomic E-state index is 12.4. The van der Waals surface area contributed by atoms with E-state index in [1.165, 1.54) is 11.8 Å². The van der Waals surface area contributed by atoms with Gasteiger partial charge in [0.2, 0.25) is 5.91 Å². The Balaban J connectivity index is 1.65. The van der Waals surface area contributed by atoms with Crippen LogP contribution in [0.4, 0.5) is 11.4 Å². The lowest BCUT2D eigenvalue weighted by atomic mass is 10.1. The molecular weight excluding hydrogens is 366 g/mol. The number of piperazine rings is 1. The van der Waals surface area contributed by atoms with E-state index in [0.29, 0.717) is 11.5 Å². The van der Waals surface area contributed by atoms with Crippen LogP contribution in [0, 0.1) is 6.92 Å². The summed E-state index contributed by atoms with van der Waals surface area (Å²) in [7, 11) is 5.35. The van der Waals surface area contributed by atoms with Crippen LogP contribution in [-0.2, 0) is 4.79 Å². The summed E-state index contributed by atoms with van der Waals surface area (Å²) >= 11 is 0. The number of hydrogen-bond acceptors (Lipinski definition) is 5. The van der Waals surface area contributed by atoms with Crippen LogP contribution in [0.3, 0.4) is 0 Å². The Kier molecular flexibility index (Phi) is 6.77. The second-order valence-corrected chi connectivity index (χ2v) is 7.26. The van der Waals surface area contributed by atoms with E-state index in [2.05, 4.69) is 35.2 Å². The van der Waals surface area contributed by atoms with Gasteiger partial charge in [-0.15, -0.1) is 0 Å².